The molecule has 1 atom stereocenters. The molecule has 1 aliphatic rings. The summed E-state index contributed by atoms with van der Waals surface area (Å²) in [6, 6.07) is 2.04. The third-order valence-electron chi connectivity index (χ3n) is 3.71. The molecule has 1 aromatic heterocycles. The van der Waals surface area contributed by atoms with Gasteiger partial charge in [-0.15, -0.1) is 11.3 Å². The predicted octanol–water partition coefficient (Wildman–Crippen LogP) is 3.94. The summed E-state index contributed by atoms with van der Waals surface area (Å²) < 4.78 is 4.56. The maximum atomic E-state index is 12.4. The molecule has 1 saturated carbocycles. The lowest BCUT2D eigenvalue weighted by Crippen LogP contribution is -2.25. The summed E-state index contributed by atoms with van der Waals surface area (Å²) in [5.41, 5.74) is 0.244. The van der Waals surface area contributed by atoms with Crippen LogP contribution in [-0.2, 0) is 9.53 Å². The number of halogens is 2. The van der Waals surface area contributed by atoms with Crippen molar-refractivity contribution in [3.05, 3.63) is 16.0 Å². The zero-order valence-electron chi connectivity index (χ0n) is 12.3. The number of nitrogens with zero attached hydrogens (tertiary/aromatic N) is 1. The number of carbonyl (C=O) groups excluding carboxylic acids is 2. The molecule has 1 aliphatic carbocycles. The first-order valence-corrected chi connectivity index (χ1v) is 8.98. The number of ether oxygens (including phenoxy) is 1. The van der Waals surface area contributed by atoms with Gasteiger partial charge in [0.25, 0.3) is 0 Å². The Morgan fingerprint density at radius 3 is 2.55 bits per heavy atom. The van der Waals surface area contributed by atoms with E-state index in [1.54, 1.807) is 13.8 Å². The van der Waals surface area contributed by atoms with Crippen LogP contribution in [0.5, 0.6) is 0 Å². The van der Waals surface area contributed by atoms with Crippen LogP contribution in [0.4, 0.5) is 5.00 Å². The van der Waals surface area contributed by atoms with Gasteiger partial charge in [0.2, 0.25) is 5.91 Å². The minimum atomic E-state index is -0.596. The fraction of sp³-hybridized carbons (Fsp3) is 0.500. The third kappa shape index (κ3) is 2.82. The van der Waals surface area contributed by atoms with E-state index < -0.39 is 14.6 Å². The van der Waals surface area contributed by atoms with Crippen molar-refractivity contribution in [2.75, 3.05) is 11.9 Å². The minimum absolute atomic E-state index is 0.200. The Morgan fingerprint density at radius 2 is 2.09 bits per heavy atom. The molecule has 118 valence electrons. The van der Waals surface area contributed by atoms with Crippen LogP contribution >= 0.6 is 43.2 Å². The first-order valence-electron chi connectivity index (χ1n) is 6.58. The molecule has 1 N–H and O–H groups in total. The largest absolute Gasteiger partial charge is 0.462 e. The van der Waals surface area contributed by atoms with Crippen molar-refractivity contribution in [2.24, 2.45) is 5.41 Å². The zero-order valence-corrected chi connectivity index (χ0v) is 16.2. The predicted molar refractivity (Wildman–Crippen MR) is 91.7 cm³/mol. The molecule has 0 aromatic carbocycles. The molecule has 0 aliphatic heterocycles. The molecule has 0 unspecified atom stereocenters. The van der Waals surface area contributed by atoms with Crippen LogP contribution in [0.25, 0.3) is 0 Å². The SMILES string of the molecule is CCOC(=O)c1sc(NC(=O)[C@@]2(C)CC2(Br)Br)c(C#N)c1C. The average molecular weight is 450 g/mol. The van der Waals surface area contributed by atoms with E-state index in [1.165, 1.54) is 0 Å². The van der Waals surface area contributed by atoms with E-state index in [4.69, 9.17) is 4.74 Å². The van der Waals surface area contributed by atoms with Gasteiger partial charge < -0.3 is 10.1 Å². The number of nitriles is 1. The van der Waals surface area contributed by atoms with Crippen molar-refractivity contribution in [2.45, 2.75) is 30.4 Å². The summed E-state index contributed by atoms with van der Waals surface area (Å²) in [4.78, 5) is 24.6. The Labute approximate surface area is 149 Å². The van der Waals surface area contributed by atoms with Gasteiger partial charge in [-0.3, -0.25) is 4.79 Å². The minimum Gasteiger partial charge on any atom is -0.462 e. The van der Waals surface area contributed by atoms with E-state index in [0.717, 1.165) is 11.3 Å². The van der Waals surface area contributed by atoms with E-state index in [1.807, 2.05) is 13.0 Å². The Balaban J connectivity index is 2.29. The number of hydrogen-bond acceptors (Lipinski definition) is 5. The van der Waals surface area contributed by atoms with Crippen molar-refractivity contribution < 1.29 is 14.3 Å². The van der Waals surface area contributed by atoms with Gasteiger partial charge in [0.15, 0.2) is 0 Å². The van der Waals surface area contributed by atoms with E-state index >= 15 is 0 Å². The number of thiophene rings is 1. The molecule has 1 fully saturated rings. The van der Waals surface area contributed by atoms with Crippen LogP contribution in [-0.4, -0.2) is 21.7 Å². The second-order valence-electron chi connectivity index (χ2n) is 5.26. The highest BCUT2D eigenvalue weighted by Gasteiger charge is 2.66. The van der Waals surface area contributed by atoms with Gasteiger partial charge >= 0.3 is 5.97 Å². The Kier molecular flexibility index (Phi) is 4.71. The maximum absolute atomic E-state index is 12.4. The van der Waals surface area contributed by atoms with Gasteiger partial charge in [-0.2, -0.15) is 5.26 Å². The lowest BCUT2D eigenvalue weighted by atomic mass is 10.1. The summed E-state index contributed by atoms with van der Waals surface area (Å²) in [7, 11) is 0. The fourth-order valence-corrected chi connectivity index (χ4v) is 4.54. The molecule has 22 heavy (non-hydrogen) atoms. The second-order valence-corrected chi connectivity index (χ2v) is 10.1. The highest BCUT2D eigenvalue weighted by molar-refractivity contribution is 9.25. The van der Waals surface area contributed by atoms with E-state index in [0.29, 0.717) is 27.4 Å². The number of anilines is 1. The number of hydrogen-bond donors (Lipinski definition) is 1. The molecule has 1 aromatic rings. The molecule has 0 spiro atoms. The number of carbonyl (C=O) groups is 2. The molecule has 5 nitrogen and oxygen atoms in total. The molecule has 0 bridgehead atoms. The molecule has 0 saturated heterocycles. The number of rotatable bonds is 4. The van der Waals surface area contributed by atoms with Crippen LogP contribution in [0.15, 0.2) is 0 Å². The van der Waals surface area contributed by atoms with Crippen molar-refractivity contribution in [1.82, 2.24) is 0 Å². The van der Waals surface area contributed by atoms with Gasteiger partial charge in [-0.25, -0.2) is 4.79 Å². The van der Waals surface area contributed by atoms with Crippen molar-refractivity contribution >= 4 is 60.1 Å². The van der Waals surface area contributed by atoms with Crippen LogP contribution in [0, 0.1) is 23.7 Å². The molecule has 1 heterocycles. The number of alkyl halides is 2. The summed E-state index contributed by atoms with van der Waals surface area (Å²) >= 11 is 7.96. The molecule has 0 radical (unpaired) electrons. The topological polar surface area (TPSA) is 79.2 Å². The van der Waals surface area contributed by atoms with Gasteiger partial charge in [0, 0.05) is 0 Å². The number of esters is 1. The summed E-state index contributed by atoms with van der Waals surface area (Å²) in [6.07, 6.45) is 0.642. The highest BCUT2D eigenvalue weighted by Crippen LogP contribution is 2.66. The highest BCUT2D eigenvalue weighted by atomic mass is 79.9. The van der Waals surface area contributed by atoms with Gasteiger partial charge in [-0.1, -0.05) is 31.9 Å². The van der Waals surface area contributed by atoms with Crippen molar-refractivity contribution in [1.29, 1.82) is 5.26 Å². The quantitative estimate of drug-likeness (QED) is 0.557. The van der Waals surface area contributed by atoms with Gasteiger partial charge in [0.05, 0.1) is 20.8 Å². The monoisotopic (exact) mass is 448 g/mol. The first kappa shape index (κ1) is 17.4. The van der Waals surface area contributed by atoms with Crippen LogP contribution in [0.2, 0.25) is 0 Å². The lowest BCUT2D eigenvalue weighted by Gasteiger charge is -2.12. The fourth-order valence-electron chi connectivity index (χ4n) is 2.01. The first-order chi connectivity index (χ1) is 10.2. The van der Waals surface area contributed by atoms with Gasteiger partial charge in [0.1, 0.15) is 15.9 Å². The molecular weight excluding hydrogens is 436 g/mol. The molecule has 2 rings (SSSR count). The Bertz CT molecular complexity index is 693. The molecule has 1 amide bonds. The lowest BCUT2D eigenvalue weighted by molar-refractivity contribution is -0.120. The number of amides is 1. The normalized spacial score (nSPS) is 21.8. The van der Waals surface area contributed by atoms with Gasteiger partial charge in [-0.05, 0) is 32.8 Å². The summed E-state index contributed by atoms with van der Waals surface area (Å²) in [5.74, 6) is -0.677. The number of nitrogens with one attached hydrogen (secondary N) is 1. The van der Waals surface area contributed by atoms with E-state index in [9.17, 15) is 14.9 Å². The molecule has 8 heteroatoms. The summed E-state index contributed by atoms with van der Waals surface area (Å²) in [5, 5.41) is 12.4. The van der Waals surface area contributed by atoms with E-state index in [-0.39, 0.29) is 12.5 Å². The smallest absolute Gasteiger partial charge is 0.348 e. The van der Waals surface area contributed by atoms with E-state index in [2.05, 4.69) is 37.2 Å². The maximum Gasteiger partial charge on any atom is 0.348 e. The second kappa shape index (κ2) is 5.95. The summed E-state index contributed by atoms with van der Waals surface area (Å²) in [6.45, 7) is 5.47. The van der Waals surface area contributed by atoms with Crippen molar-refractivity contribution in [3.63, 3.8) is 0 Å². The van der Waals surface area contributed by atoms with Crippen molar-refractivity contribution in [3.8, 4) is 6.07 Å². The van der Waals surface area contributed by atoms with Crippen LogP contribution < -0.4 is 5.32 Å². The Hall–Kier alpha value is -0.910. The third-order valence-corrected chi connectivity index (χ3v) is 7.20. The standard InChI is InChI=1S/C14H14Br2N2O3S/c1-4-21-11(19)9-7(2)8(5-17)10(22-9)18-12(20)13(3)6-14(13,15)16/h4,6H2,1-3H3,(H,18,20)/t13-/m1/s1. The Morgan fingerprint density at radius 1 is 1.50 bits per heavy atom. The van der Waals surface area contributed by atoms with Crippen LogP contribution in [0.1, 0.15) is 41.1 Å². The van der Waals surface area contributed by atoms with Crippen LogP contribution in [0.3, 0.4) is 0 Å². The average Bonchev–Trinajstić information content (AvgIpc) is 2.80. The zero-order chi connectivity index (χ0) is 16.7. The molecular formula is C14H14Br2N2O3S.